The first kappa shape index (κ1) is 9.04. The molecule has 74 valence electrons. The van der Waals surface area contributed by atoms with Crippen molar-refractivity contribution in [2.75, 3.05) is 0 Å². The molecule has 2 heteroatoms. The largest absolute Gasteiger partial charge is 0.460 e. The van der Waals surface area contributed by atoms with Gasteiger partial charge in [0.1, 0.15) is 5.60 Å². The lowest BCUT2D eigenvalue weighted by Crippen LogP contribution is -2.41. The monoisotopic (exact) mass is 182 g/mol. The summed E-state index contributed by atoms with van der Waals surface area (Å²) in [4.78, 5) is 11.8. The Morgan fingerprint density at radius 3 is 2.38 bits per heavy atom. The molecule has 0 aliphatic heterocycles. The van der Waals surface area contributed by atoms with Crippen molar-refractivity contribution in [2.24, 2.45) is 11.3 Å². The van der Waals surface area contributed by atoms with Crippen LogP contribution in [-0.2, 0) is 9.53 Å². The first-order valence-corrected chi connectivity index (χ1v) is 5.15. The van der Waals surface area contributed by atoms with Gasteiger partial charge in [-0.2, -0.15) is 0 Å². The van der Waals surface area contributed by atoms with Crippen molar-refractivity contribution < 1.29 is 9.53 Å². The molecule has 0 unspecified atom stereocenters. The number of carbonyl (C=O) groups is 1. The normalized spacial score (nSPS) is 37.0. The second kappa shape index (κ2) is 2.49. The standard InChI is InChI=1S/C11H18O2/c1-10(2,3)13-9(12)11-5-4-8(6-11)7-11/h8H,4-7H2,1-3H3. The van der Waals surface area contributed by atoms with E-state index in [0.717, 1.165) is 25.2 Å². The number of hydrogen-bond donors (Lipinski definition) is 0. The van der Waals surface area contributed by atoms with Gasteiger partial charge in [-0.15, -0.1) is 0 Å². The SMILES string of the molecule is CC(C)(C)OC(=O)C12CCC(C1)C2. The Labute approximate surface area is 79.7 Å². The summed E-state index contributed by atoms with van der Waals surface area (Å²) in [6.07, 6.45) is 4.47. The van der Waals surface area contributed by atoms with E-state index in [0.29, 0.717) is 0 Å². The smallest absolute Gasteiger partial charge is 0.312 e. The first-order valence-electron chi connectivity index (χ1n) is 5.15. The highest BCUT2D eigenvalue weighted by Crippen LogP contribution is 2.59. The lowest BCUT2D eigenvalue weighted by Gasteiger charge is -2.37. The van der Waals surface area contributed by atoms with Gasteiger partial charge >= 0.3 is 5.97 Å². The quantitative estimate of drug-likeness (QED) is 0.582. The molecule has 13 heavy (non-hydrogen) atoms. The van der Waals surface area contributed by atoms with Gasteiger partial charge in [0, 0.05) is 0 Å². The van der Waals surface area contributed by atoms with Crippen LogP contribution < -0.4 is 0 Å². The molecular formula is C11H18O2. The van der Waals surface area contributed by atoms with E-state index in [1.165, 1.54) is 6.42 Å². The Morgan fingerprint density at radius 1 is 1.38 bits per heavy atom. The van der Waals surface area contributed by atoms with Crippen LogP contribution in [0.4, 0.5) is 0 Å². The molecule has 3 saturated carbocycles. The second-order valence-corrected chi connectivity index (χ2v) is 5.60. The van der Waals surface area contributed by atoms with Crippen molar-refractivity contribution in [1.29, 1.82) is 0 Å². The lowest BCUT2D eigenvalue weighted by atomic mass is 9.70. The number of fused-ring (bicyclic) bond motifs is 1. The molecule has 0 spiro atoms. The Kier molecular flexibility index (Phi) is 1.73. The molecule has 2 nitrogen and oxygen atoms in total. The van der Waals surface area contributed by atoms with Crippen LogP contribution in [0.3, 0.4) is 0 Å². The number of esters is 1. The molecule has 0 saturated heterocycles. The van der Waals surface area contributed by atoms with Gasteiger partial charge < -0.3 is 4.74 Å². The van der Waals surface area contributed by atoms with Crippen LogP contribution in [0.5, 0.6) is 0 Å². The molecule has 0 amide bonds. The molecule has 0 radical (unpaired) electrons. The Hall–Kier alpha value is -0.530. The van der Waals surface area contributed by atoms with Crippen LogP contribution in [0.25, 0.3) is 0 Å². The lowest BCUT2D eigenvalue weighted by molar-refractivity contribution is -0.172. The van der Waals surface area contributed by atoms with Crippen LogP contribution >= 0.6 is 0 Å². The van der Waals surface area contributed by atoms with Crippen molar-refractivity contribution in [3.8, 4) is 0 Å². The molecule has 3 aliphatic rings. The zero-order valence-corrected chi connectivity index (χ0v) is 8.72. The van der Waals surface area contributed by atoms with Gasteiger partial charge in [0.15, 0.2) is 0 Å². The summed E-state index contributed by atoms with van der Waals surface area (Å²) in [7, 11) is 0. The van der Waals surface area contributed by atoms with E-state index in [1.54, 1.807) is 0 Å². The molecule has 0 heterocycles. The van der Waals surface area contributed by atoms with Crippen molar-refractivity contribution in [3.05, 3.63) is 0 Å². The third-order valence-corrected chi connectivity index (χ3v) is 3.22. The number of carbonyl (C=O) groups excluding carboxylic acids is 1. The maximum Gasteiger partial charge on any atom is 0.312 e. The number of rotatable bonds is 1. The van der Waals surface area contributed by atoms with E-state index in [-0.39, 0.29) is 17.0 Å². The molecule has 2 bridgehead atoms. The van der Waals surface area contributed by atoms with E-state index in [4.69, 9.17) is 4.74 Å². The summed E-state index contributed by atoms with van der Waals surface area (Å²) in [5.74, 6) is 0.876. The average molecular weight is 182 g/mol. The van der Waals surface area contributed by atoms with Gasteiger partial charge in [0.2, 0.25) is 0 Å². The van der Waals surface area contributed by atoms with E-state index in [2.05, 4.69) is 0 Å². The summed E-state index contributed by atoms with van der Waals surface area (Å²) in [6.45, 7) is 5.81. The van der Waals surface area contributed by atoms with E-state index >= 15 is 0 Å². The Balaban J connectivity index is 1.98. The summed E-state index contributed by atoms with van der Waals surface area (Å²) in [5.41, 5.74) is -0.378. The van der Waals surface area contributed by atoms with Gasteiger partial charge in [-0.1, -0.05) is 0 Å². The average Bonchev–Trinajstić information content (AvgIpc) is 2.35. The third kappa shape index (κ3) is 1.47. The minimum Gasteiger partial charge on any atom is -0.460 e. The van der Waals surface area contributed by atoms with Gasteiger partial charge in [-0.05, 0) is 52.4 Å². The minimum atomic E-state index is -0.320. The maximum atomic E-state index is 11.8. The minimum absolute atomic E-state index is 0.0498. The van der Waals surface area contributed by atoms with E-state index in [1.807, 2.05) is 20.8 Å². The molecule has 3 aliphatic carbocycles. The van der Waals surface area contributed by atoms with Crippen LogP contribution in [-0.4, -0.2) is 11.6 Å². The number of hydrogen-bond acceptors (Lipinski definition) is 2. The predicted molar refractivity (Wildman–Crippen MR) is 50.2 cm³/mol. The number of ether oxygens (including phenoxy) is 1. The molecular weight excluding hydrogens is 164 g/mol. The van der Waals surface area contributed by atoms with Crippen molar-refractivity contribution in [2.45, 2.75) is 52.1 Å². The molecule has 0 aromatic heterocycles. The highest BCUT2D eigenvalue weighted by molar-refractivity contribution is 5.79. The maximum absolute atomic E-state index is 11.8. The Bertz CT molecular complexity index is 225. The first-order chi connectivity index (χ1) is 5.91. The summed E-state index contributed by atoms with van der Waals surface area (Å²) >= 11 is 0. The van der Waals surface area contributed by atoms with Gasteiger partial charge in [0.05, 0.1) is 5.41 Å². The van der Waals surface area contributed by atoms with Crippen LogP contribution in [0.15, 0.2) is 0 Å². The molecule has 0 aromatic rings. The zero-order valence-electron chi connectivity index (χ0n) is 8.72. The molecule has 0 N–H and O–H groups in total. The van der Waals surface area contributed by atoms with Crippen molar-refractivity contribution in [1.82, 2.24) is 0 Å². The third-order valence-electron chi connectivity index (χ3n) is 3.22. The molecule has 0 atom stereocenters. The van der Waals surface area contributed by atoms with Crippen molar-refractivity contribution >= 4 is 5.97 Å². The topological polar surface area (TPSA) is 26.3 Å². The fraction of sp³-hybridized carbons (Fsp3) is 0.909. The molecule has 3 rings (SSSR count). The zero-order chi connectivity index (χ0) is 9.69. The van der Waals surface area contributed by atoms with Crippen LogP contribution in [0, 0.1) is 11.3 Å². The highest BCUT2D eigenvalue weighted by atomic mass is 16.6. The fourth-order valence-electron chi connectivity index (χ4n) is 2.59. The highest BCUT2D eigenvalue weighted by Gasteiger charge is 2.56. The van der Waals surface area contributed by atoms with Gasteiger partial charge in [-0.25, -0.2) is 0 Å². The fourth-order valence-corrected chi connectivity index (χ4v) is 2.59. The molecule has 0 aromatic carbocycles. The Morgan fingerprint density at radius 2 is 2.00 bits per heavy atom. The van der Waals surface area contributed by atoms with Crippen LogP contribution in [0.1, 0.15) is 46.5 Å². The van der Waals surface area contributed by atoms with Gasteiger partial charge in [-0.3, -0.25) is 4.79 Å². The van der Waals surface area contributed by atoms with E-state index in [9.17, 15) is 4.79 Å². The van der Waals surface area contributed by atoms with Crippen molar-refractivity contribution in [3.63, 3.8) is 0 Å². The molecule has 3 fully saturated rings. The summed E-state index contributed by atoms with van der Waals surface area (Å²) < 4.78 is 5.42. The van der Waals surface area contributed by atoms with E-state index < -0.39 is 0 Å². The summed E-state index contributed by atoms with van der Waals surface area (Å²) in [5, 5.41) is 0. The predicted octanol–water partition coefficient (Wildman–Crippen LogP) is 2.52. The van der Waals surface area contributed by atoms with Gasteiger partial charge in [0.25, 0.3) is 0 Å². The second-order valence-electron chi connectivity index (χ2n) is 5.60. The summed E-state index contributed by atoms with van der Waals surface area (Å²) in [6, 6.07) is 0. The van der Waals surface area contributed by atoms with Crippen LogP contribution in [0.2, 0.25) is 0 Å².